The van der Waals surface area contributed by atoms with Crippen molar-refractivity contribution in [3.63, 3.8) is 0 Å². The van der Waals surface area contributed by atoms with Gasteiger partial charge in [-0.3, -0.25) is 0 Å². The highest BCUT2D eigenvalue weighted by molar-refractivity contribution is 5.85. The average Bonchev–Trinajstić information content (AvgIpc) is 2.72. The lowest BCUT2D eigenvalue weighted by atomic mass is 9.80. The molecule has 0 bridgehead atoms. The van der Waals surface area contributed by atoms with Crippen molar-refractivity contribution in [1.82, 2.24) is 0 Å². The first-order valence-electron chi connectivity index (χ1n) is 11.4. The lowest BCUT2D eigenvalue weighted by molar-refractivity contribution is 0.477. The average molecular weight is 403 g/mol. The number of benzene rings is 2. The van der Waals surface area contributed by atoms with Crippen LogP contribution in [0.25, 0.3) is 0 Å². The maximum absolute atomic E-state index is 3.77. The molecular formula is C28H38N2. The van der Waals surface area contributed by atoms with Crippen LogP contribution in [0.1, 0.15) is 73.8 Å². The van der Waals surface area contributed by atoms with Gasteiger partial charge in [-0.25, -0.2) is 0 Å². The molecular weight excluding hydrogens is 364 g/mol. The number of allylic oxidation sites excluding steroid dienone is 3. The van der Waals surface area contributed by atoms with Crippen LogP contribution in [0.2, 0.25) is 0 Å². The molecule has 0 saturated heterocycles. The molecule has 2 heteroatoms. The first-order valence-corrected chi connectivity index (χ1v) is 11.4. The summed E-state index contributed by atoms with van der Waals surface area (Å²) < 4.78 is 0. The van der Waals surface area contributed by atoms with Gasteiger partial charge in [0.15, 0.2) is 0 Å². The van der Waals surface area contributed by atoms with E-state index in [1.165, 1.54) is 39.6 Å². The van der Waals surface area contributed by atoms with E-state index in [1.54, 1.807) is 0 Å². The minimum absolute atomic E-state index is 0.127. The molecule has 4 rings (SSSR count). The molecule has 1 heterocycles. The number of rotatable bonds is 1. The molecule has 1 N–H and O–H groups in total. The molecule has 1 aliphatic carbocycles. The highest BCUT2D eigenvalue weighted by atomic mass is 15.2. The van der Waals surface area contributed by atoms with Crippen LogP contribution in [-0.4, -0.2) is 0 Å². The summed E-state index contributed by atoms with van der Waals surface area (Å²) in [6, 6.07) is 17.6. The van der Waals surface area contributed by atoms with Gasteiger partial charge in [0, 0.05) is 11.4 Å². The third kappa shape index (κ3) is 4.33. The summed E-state index contributed by atoms with van der Waals surface area (Å²) >= 11 is 0. The van der Waals surface area contributed by atoms with E-state index >= 15 is 0 Å². The molecule has 2 aliphatic rings. The van der Waals surface area contributed by atoms with Gasteiger partial charge in [-0.2, -0.15) is 0 Å². The monoisotopic (exact) mass is 402 g/mol. The molecule has 0 radical (unpaired) electrons. The topological polar surface area (TPSA) is 15.3 Å². The predicted octanol–water partition coefficient (Wildman–Crippen LogP) is 8.55. The predicted molar refractivity (Wildman–Crippen MR) is 132 cm³/mol. The van der Waals surface area contributed by atoms with Gasteiger partial charge < -0.3 is 10.2 Å². The molecule has 1 aliphatic heterocycles. The van der Waals surface area contributed by atoms with E-state index in [-0.39, 0.29) is 10.8 Å². The molecule has 0 atom stereocenters. The summed E-state index contributed by atoms with van der Waals surface area (Å²) in [5.41, 5.74) is 9.48. The summed E-state index contributed by atoms with van der Waals surface area (Å²) in [5.74, 6) is 0. The molecule has 0 amide bonds. The summed E-state index contributed by atoms with van der Waals surface area (Å²) in [4.78, 5) is 2.45. The molecule has 0 aromatic heterocycles. The molecule has 30 heavy (non-hydrogen) atoms. The smallest absolute Gasteiger partial charge is 0.0694 e. The molecule has 0 fully saturated rings. The van der Waals surface area contributed by atoms with Crippen LogP contribution in [0.15, 0.2) is 71.6 Å². The van der Waals surface area contributed by atoms with E-state index in [9.17, 15) is 0 Å². The molecule has 0 saturated carbocycles. The fraction of sp³-hybridized carbons (Fsp3) is 0.429. The Bertz CT molecular complexity index is 950. The van der Waals surface area contributed by atoms with Crippen LogP contribution in [0.4, 0.5) is 17.1 Å². The lowest BCUT2D eigenvalue weighted by Crippen LogP contribution is -2.29. The number of fused-ring (bicyclic) bond motifs is 1. The Hall–Kier alpha value is -2.48. The van der Waals surface area contributed by atoms with Gasteiger partial charge >= 0.3 is 0 Å². The van der Waals surface area contributed by atoms with Crippen LogP contribution < -0.4 is 10.2 Å². The van der Waals surface area contributed by atoms with Crippen LogP contribution in [0.3, 0.4) is 0 Å². The standard InChI is InChI=1S/C26H32N2.C2H6/c1-25(2,3)18-12-14-23-21(16-18)27-22-17-19(26(4,5)6)13-15-24(22)28(23)20-10-8-7-9-11-20;1-2/h7-12,14,16-17,27H,13,15H2,1-6H3;1-2H3. The van der Waals surface area contributed by atoms with Crippen molar-refractivity contribution < 1.29 is 0 Å². The van der Waals surface area contributed by atoms with Crippen molar-refractivity contribution in [1.29, 1.82) is 0 Å². The Balaban J connectivity index is 0.00000124. The summed E-state index contributed by atoms with van der Waals surface area (Å²) in [6.07, 6.45) is 4.56. The Labute approximate surface area is 183 Å². The number of para-hydroxylation sites is 1. The van der Waals surface area contributed by atoms with Crippen LogP contribution >= 0.6 is 0 Å². The SMILES string of the molecule is CC.CC(C)(C)C1=CC2=C(CC1)N(c1ccccc1)c1ccc(C(C)(C)C)cc1N2. The zero-order valence-electron chi connectivity index (χ0n) is 20.1. The second-order valence-electron chi connectivity index (χ2n) is 10.1. The molecule has 160 valence electrons. The first kappa shape index (κ1) is 22.2. The van der Waals surface area contributed by atoms with E-state index in [0.717, 1.165) is 12.8 Å². The third-order valence-corrected chi connectivity index (χ3v) is 5.88. The second kappa shape index (κ2) is 8.34. The first-order chi connectivity index (χ1) is 14.1. The summed E-state index contributed by atoms with van der Waals surface area (Å²) in [5, 5.41) is 3.77. The fourth-order valence-electron chi connectivity index (χ4n) is 4.11. The van der Waals surface area contributed by atoms with Gasteiger partial charge in [-0.15, -0.1) is 0 Å². The van der Waals surface area contributed by atoms with Crippen molar-refractivity contribution >= 4 is 17.1 Å². The van der Waals surface area contributed by atoms with Gasteiger partial charge in [0.25, 0.3) is 0 Å². The van der Waals surface area contributed by atoms with E-state index in [2.05, 4.69) is 106 Å². The van der Waals surface area contributed by atoms with E-state index in [1.807, 2.05) is 13.8 Å². The Morgan fingerprint density at radius 1 is 0.800 bits per heavy atom. The van der Waals surface area contributed by atoms with Crippen LogP contribution in [-0.2, 0) is 5.41 Å². The fourth-order valence-corrected chi connectivity index (χ4v) is 4.11. The number of nitrogens with zero attached hydrogens (tertiary/aromatic N) is 1. The highest BCUT2D eigenvalue weighted by Gasteiger charge is 2.31. The van der Waals surface area contributed by atoms with E-state index in [4.69, 9.17) is 0 Å². The molecule has 0 unspecified atom stereocenters. The number of anilines is 3. The molecule has 0 spiro atoms. The second-order valence-corrected chi connectivity index (χ2v) is 10.1. The lowest BCUT2D eigenvalue weighted by Gasteiger charge is -2.39. The van der Waals surface area contributed by atoms with Gasteiger partial charge in [-0.05, 0) is 59.6 Å². The Morgan fingerprint density at radius 3 is 2.07 bits per heavy atom. The quantitative estimate of drug-likeness (QED) is 0.514. The number of hydrogen-bond acceptors (Lipinski definition) is 2. The maximum Gasteiger partial charge on any atom is 0.0694 e. The zero-order chi connectivity index (χ0) is 22.1. The van der Waals surface area contributed by atoms with Crippen molar-refractivity contribution in [3.05, 3.63) is 77.1 Å². The largest absolute Gasteiger partial charge is 0.352 e. The van der Waals surface area contributed by atoms with Crippen molar-refractivity contribution in [3.8, 4) is 0 Å². The number of nitrogens with one attached hydrogen (secondary N) is 1. The van der Waals surface area contributed by atoms with Crippen molar-refractivity contribution in [2.45, 2.75) is 73.6 Å². The number of hydrogen-bond donors (Lipinski definition) is 1. The summed E-state index contributed by atoms with van der Waals surface area (Å²) in [6.45, 7) is 17.8. The minimum atomic E-state index is 0.127. The van der Waals surface area contributed by atoms with Gasteiger partial charge in [0.1, 0.15) is 0 Å². The molecule has 2 aromatic rings. The third-order valence-electron chi connectivity index (χ3n) is 5.88. The summed E-state index contributed by atoms with van der Waals surface area (Å²) in [7, 11) is 0. The zero-order valence-corrected chi connectivity index (χ0v) is 20.1. The van der Waals surface area contributed by atoms with Crippen LogP contribution in [0.5, 0.6) is 0 Å². The maximum atomic E-state index is 3.77. The van der Waals surface area contributed by atoms with E-state index < -0.39 is 0 Å². The van der Waals surface area contributed by atoms with Gasteiger partial charge in [0.05, 0.1) is 17.1 Å². The Kier molecular flexibility index (Phi) is 6.17. The van der Waals surface area contributed by atoms with E-state index in [0.29, 0.717) is 0 Å². The van der Waals surface area contributed by atoms with Gasteiger partial charge in [0.2, 0.25) is 0 Å². The van der Waals surface area contributed by atoms with Crippen LogP contribution in [0, 0.1) is 5.41 Å². The van der Waals surface area contributed by atoms with Gasteiger partial charge in [-0.1, -0.05) is 85.2 Å². The normalized spacial score (nSPS) is 16.0. The highest BCUT2D eigenvalue weighted by Crippen LogP contribution is 2.47. The van der Waals surface area contributed by atoms with Crippen molar-refractivity contribution in [2.75, 3.05) is 10.2 Å². The minimum Gasteiger partial charge on any atom is -0.352 e. The molecule has 2 nitrogen and oxygen atoms in total. The van der Waals surface area contributed by atoms with Crippen molar-refractivity contribution in [2.24, 2.45) is 5.41 Å². The Morgan fingerprint density at radius 2 is 1.47 bits per heavy atom. The molecule has 2 aromatic carbocycles.